The van der Waals surface area contributed by atoms with Gasteiger partial charge in [-0.25, -0.2) is 9.97 Å². The van der Waals surface area contributed by atoms with Crippen LogP contribution in [0.3, 0.4) is 0 Å². The fourth-order valence-electron chi connectivity index (χ4n) is 2.77. The number of halogens is 1. The van der Waals surface area contributed by atoms with Gasteiger partial charge in [0.15, 0.2) is 0 Å². The van der Waals surface area contributed by atoms with Gasteiger partial charge in [-0.3, -0.25) is 4.79 Å². The molecule has 1 fully saturated rings. The van der Waals surface area contributed by atoms with Crippen LogP contribution >= 0.6 is 15.9 Å². The van der Waals surface area contributed by atoms with E-state index in [4.69, 9.17) is 0 Å². The Morgan fingerprint density at radius 3 is 2.62 bits per heavy atom. The van der Waals surface area contributed by atoms with Crippen LogP contribution in [0.25, 0.3) is 0 Å². The van der Waals surface area contributed by atoms with Gasteiger partial charge in [-0.05, 0) is 43.5 Å². The van der Waals surface area contributed by atoms with Gasteiger partial charge in [-0.15, -0.1) is 0 Å². The second kappa shape index (κ2) is 7.75. The first-order valence-corrected chi connectivity index (χ1v) is 9.08. The van der Waals surface area contributed by atoms with Crippen LogP contribution in [-0.4, -0.2) is 33.9 Å². The molecule has 0 radical (unpaired) electrons. The highest BCUT2D eigenvalue weighted by atomic mass is 79.9. The van der Waals surface area contributed by atoms with Gasteiger partial charge in [0.25, 0.3) is 5.91 Å². The molecule has 0 unspecified atom stereocenters. The molecule has 2 aromatic rings. The number of benzene rings is 1. The summed E-state index contributed by atoms with van der Waals surface area (Å²) >= 11 is 3.51. The van der Waals surface area contributed by atoms with Crippen molar-refractivity contribution in [2.45, 2.75) is 32.6 Å². The first-order chi connectivity index (χ1) is 11.6. The molecule has 1 aliphatic rings. The van der Waals surface area contributed by atoms with Crippen molar-refractivity contribution in [1.29, 1.82) is 0 Å². The van der Waals surface area contributed by atoms with E-state index in [-0.39, 0.29) is 5.91 Å². The van der Waals surface area contributed by atoms with E-state index in [1.54, 1.807) is 12.3 Å². The molecule has 1 aromatic heterocycles. The van der Waals surface area contributed by atoms with Crippen LogP contribution in [0.15, 0.2) is 34.9 Å². The fraction of sp³-hybridized carbons (Fsp3) is 0.389. The lowest BCUT2D eigenvalue weighted by Crippen LogP contribution is -2.32. The van der Waals surface area contributed by atoms with Crippen LogP contribution in [-0.2, 0) is 0 Å². The predicted octanol–water partition coefficient (Wildman–Crippen LogP) is 4.31. The summed E-state index contributed by atoms with van der Waals surface area (Å²) in [5, 5.41) is 3.16. The van der Waals surface area contributed by atoms with Gasteiger partial charge in [0, 0.05) is 29.4 Å². The predicted molar refractivity (Wildman–Crippen MR) is 98.6 cm³/mol. The number of hydrogen-bond acceptors (Lipinski definition) is 4. The minimum absolute atomic E-state index is 0.00700. The van der Waals surface area contributed by atoms with Gasteiger partial charge < -0.3 is 10.2 Å². The summed E-state index contributed by atoms with van der Waals surface area (Å²) in [6.07, 6.45) is 6.16. The first-order valence-electron chi connectivity index (χ1n) is 8.29. The molecule has 1 saturated heterocycles. The van der Waals surface area contributed by atoms with Gasteiger partial charge >= 0.3 is 0 Å². The van der Waals surface area contributed by atoms with Gasteiger partial charge in [-0.2, -0.15) is 0 Å². The lowest BCUT2D eigenvalue weighted by atomic mass is 10.2. The SMILES string of the molecule is Cc1ccc(Nc2nccc(C(=O)N3CCCCCC3)n2)cc1Br. The third-order valence-corrected chi connectivity index (χ3v) is 5.05. The van der Waals surface area contributed by atoms with Crippen molar-refractivity contribution in [3.63, 3.8) is 0 Å². The Kier molecular flexibility index (Phi) is 5.45. The molecule has 1 N–H and O–H groups in total. The standard InChI is InChI=1S/C18H21BrN4O/c1-13-6-7-14(12-15(13)19)21-18-20-9-8-16(22-18)17(24)23-10-4-2-3-5-11-23/h6-9,12H,2-5,10-11H2,1H3,(H,20,21,22). The minimum atomic E-state index is -0.00700. The van der Waals surface area contributed by atoms with Gasteiger partial charge in [0.05, 0.1) is 0 Å². The maximum atomic E-state index is 12.7. The molecule has 0 aliphatic carbocycles. The summed E-state index contributed by atoms with van der Waals surface area (Å²) in [4.78, 5) is 23.2. The van der Waals surface area contributed by atoms with Crippen molar-refractivity contribution < 1.29 is 4.79 Å². The van der Waals surface area contributed by atoms with E-state index in [0.29, 0.717) is 11.6 Å². The molecule has 126 valence electrons. The molecule has 0 bridgehead atoms. The topological polar surface area (TPSA) is 58.1 Å². The van der Waals surface area contributed by atoms with E-state index >= 15 is 0 Å². The Labute approximate surface area is 150 Å². The number of aryl methyl sites for hydroxylation is 1. The number of likely N-dealkylation sites (tertiary alicyclic amines) is 1. The summed E-state index contributed by atoms with van der Waals surface area (Å²) in [5.74, 6) is 0.430. The molecule has 0 saturated carbocycles. The summed E-state index contributed by atoms with van der Waals surface area (Å²) in [5.41, 5.74) is 2.49. The van der Waals surface area contributed by atoms with E-state index in [0.717, 1.165) is 41.7 Å². The Hall–Kier alpha value is -1.95. The van der Waals surface area contributed by atoms with Crippen molar-refractivity contribution in [3.05, 3.63) is 46.2 Å². The monoisotopic (exact) mass is 388 g/mol. The van der Waals surface area contributed by atoms with Crippen molar-refractivity contribution in [2.75, 3.05) is 18.4 Å². The smallest absolute Gasteiger partial charge is 0.272 e. The third kappa shape index (κ3) is 4.12. The van der Waals surface area contributed by atoms with Crippen LogP contribution in [0, 0.1) is 6.92 Å². The zero-order chi connectivity index (χ0) is 16.9. The molecule has 0 spiro atoms. The second-order valence-corrected chi connectivity index (χ2v) is 6.92. The summed E-state index contributed by atoms with van der Waals surface area (Å²) in [7, 11) is 0. The van der Waals surface area contributed by atoms with Crippen molar-refractivity contribution in [1.82, 2.24) is 14.9 Å². The van der Waals surface area contributed by atoms with Crippen molar-refractivity contribution in [2.24, 2.45) is 0 Å². The van der Waals surface area contributed by atoms with Gasteiger partial charge in [0.2, 0.25) is 5.95 Å². The van der Waals surface area contributed by atoms with Crippen LogP contribution in [0.5, 0.6) is 0 Å². The maximum Gasteiger partial charge on any atom is 0.272 e. The minimum Gasteiger partial charge on any atom is -0.337 e. The Bertz CT molecular complexity index is 727. The lowest BCUT2D eigenvalue weighted by Gasteiger charge is -2.19. The molecular weight excluding hydrogens is 368 g/mol. The summed E-state index contributed by atoms with van der Waals surface area (Å²) in [6.45, 7) is 3.66. The lowest BCUT2D eigenvalue weighted by molar-refractivity contribution is 0.0755. The largest absolute Gasteiger partial charge is 0.337 e. The van der Waals surface area contributed by atoms with Crippen molar-refractivity contribution in [3.8, 4) is 0 Å². The number of hydrogen-bond donors (Lipinski definition) is 1. The number of anilines is 2. The Morgan fingerprint density at radius 2 is 1.92 bits per heavy atom. The highest BCUT2D eigenvalue weighted by Crippen LogP contribution is 2.22. The van der Waals surface area contributed by atoms with E-state index in [1.165, 1.54) is 12.8 Å². The number of aromatic nitrogens is 2. The number of rotatable bonds is 3. The van der Waals surface area contributed by atoms with E-state index in [9.17, 15) is 4.79 Å². The highest BCUT2D eigenvalue weighted by Gasteiger charge is 2.19. The second-order valence-electron chi connectivity index (χ2n) is 6.06. The average molecular weight is 389 g/mol. The summed E-state index contributed by atoms with van der Waals surface area (Å²) < 4.78 is 1.02. The number of nitrogens with one attached hydrogen (secondary N) is 1. The molecule has 1 amide bonds. The zero-order valence-electron chi connectivity index (χ0n) is 13.8. The van der Waals surface area contributed by atoms with Crippen LogP contribution in [0.1, 0.15) is 41.7 Å². The van der Waals surface area contributed by atoms with Crippen LogP contribution < -0.4 is 5.32 Å². The Balaban J connectivity index is 1.75. The average Bonchev–Trinajstić information content (AvgIpc) is 2.87. The molecule has 5 nitrogen and oxygen atoms in total. The zero-order valence-corrected chi connectivity index (χ0v) is 15.3. The molecule has 1 aromatic carbocycles. The van der Waals surface area contributed by atoms with E-state index in [2.05, 4.69) is 31.2 Å². The normalized spacial score (nSPS) is 15.0. The van der Waals surface area contributed by atoms with Gasteiger partial charge in [-0.1, -0.05) is 34.8 Å². The third-order valence-electron chi connectivity index (χ3n) is 4.20. The fourth-order valence-corrected chi connectivity index (χ4v) is 3.15. The number of nitrogens with zero attached hydrogens (tertiary/aromatic N) is 3. The van der Waals surface area contributed by atoms with Crippen molar-refractivity contribution >= 4 is 33.5 Å². The molecule has 0 atom stereocenters. The van der Waals surface area contributed by atoms with Gasteiger partial charge in [0.1, 0.15) is 5.69 Å². The van der Waals surface area contributed by atoms with Crippen LogP contribution in [0.2, 0.25) is 0 Å². The maximum absolute atomic E-state index is 12.7. The number of carbonyl (C=O) groups excluding carboxylic acids is 1. The molecule has 6 heteroatoms. The summed E-state index contributed by atoms with van der Waals surface area (Å²) in [6, 6.07) is 7.64. The number of carbonyl (C=O) groups is 1. The molecule has 24 heavy (non-hydrogen) atoms. The molecule has 2 heterocycles. The Morgan fingerprint density at radius 1 is 1.17 bits per heavy atom. The van der Waals surface area contributed by atoms with E-state index in [1.807, 2.05) is 30.0 Å². The number of amides is 1. The quantitative estimate of drug-likeness (QED) is 0.850. The van der Waals surface area contributed by atoms with E-state index < -0.39 is 0 Å². The van der Waals surface area contributed by atoms with Crippen LogP contribution in [0.4, 0.5) is 11.6 Å². The highest BCUT2D eigenvalue weighted by molar-refractivity contribution is 9.10. The molecule has 1 aliphatic heterocycles. The first kappa shape index (κ1) is 16.9. The molecule has 3 rings (SSSR count). The molecular formula is C18H21BrN4O.